The minimum absolute atomic E-state index is 0. The van der Waals surface area contributed by atoms with E-state index in [0.717, 1.165) is 36.4 Å². The van der Waals surface area contributed by atoms with E-state index in [-0.39, 0.29) is 168 Å². The predicted octanol–water partition coefficient (Wildman–Crippen LogP) is 3.25. The average Bonchev–Trinajstić information content (AvgIpc) is 3.12. The fourth-order valence-electron chi connectivity index (χ4n) is 5.52. The van der Waals surface area contributed by atoms with E-state index in [1.54, 1.807) is 0 Å². The first-order valence-corrected chi connectivity index (χ1v) is 23.6. The molecule has 0 aliphatic heterocycles. The van der Waals surface area contributed by atoms with Gasteiger partial charge in [-0.3, -0.25) is 18.2 Å². The zero-order valence-electron chi connectivity index (χ0n) is 33.3. The number of nitrogens with one attached hydrogen (secondary N) is 2. The molecule has 0 aliphatic carbocycles. The normalized spacial score (nSPS) is 12.1. The molecule has 0 amide bonds. The molecule has 0 atom stereocenters. The second kappa shape index (κ2) is 22.7. The number of hydrogen-bond donors (Lipinski definition) is 7. The van der Waals surface area contributed by atoms with E-state index in [1.807, 2.05) is 0 Å². The van der Waals surface area contributed by atoms with Crippen LogP contribution in [0.15, 0.2) is 109 Å². The molecule has 6 rings (SSSR count). The van der Waals surface area contributed by atoms with E-state index in [9.17, 15) is 60.9 Å². The van der Waals surface area contributed by atoms with Crippen molar-refractivity contribution in [2.45, 2.75) is 19.6 Å². The number of nitrogens with zero attached hydrogens (tertiary/aromatic N) is 5. The van der Waals surface area contributed by atoms with Crippen LogP contribution in [0.1, 0.15) is 0 Å². The number of hydrogen-bond acceptors (Lipinski definition) is 19. The maximum absolute atomic E-state index is 12.5. The van der Waals surface area contributed by atoms with Crippen molar-refractivity contribution in [2.75, 3.05) is 23.0 Å². The van der Waals surface area contributed by atoms with Crippen molar-refractivity contribution in [3.8, 4) is 5.75 Å². The molecule has 320 valence electrons. The molecule has 1 heterocycles. The number of phenols is 1. The van der Waals surface area contributed by atoms with Crippen LogP contribution in [-0.4, -0.2) is 211 Å². The second-order valence-electron chi connectivity index (χ2n) is 12.0. The fourth-order valence-corrected chi connectivity index (χ4v) is 9.37. The number of fused-ring (bicyclic) bond motifs is 2. The molecule has 7 N–H and O–H groups in total. The van der Waals surface area contributed by atoms with Crippen LogP contribution in [-0.2, 0) is 54.8 Å². The van der Waals surface area contributed by atoms with Gasteiger partial charge in [-0.2, -0.15) is 48.6 Å². The Bertz CT molecular complexity index is 3360. The molecule has 0 fully saturated rings. The van der Waals surface area contributed by atoms with Crippen LogP contribution >= 0.6 is 11.6 Å². The molecule has 33 heteroatoms. The molecule has 4 radical (unpaired) electrons. The van der Waals surface area contributed by atoms with E-state index >= 15 is 0 Å². The molecule has 0 bridgehead atoms. The smallest absolute Gasteiger partial charge is 0.397 e. The van der Waals surface area contributed by atoms with Crippen molar-refractivity contribution < 1.29 is 69.6 Å². The number of sulfone groups is 1. The Kier molecular flexibility index (Phi) is 20.8. The van der Waals surface area contributed by atoms with Crippen molar-refractivity contribution in [3.63, 3.8) is 0 Å². The molecule has 0 spiro atoms. The van der Waals surface area contributed by atoms with Crippen molar-refractivity contribution in [1.82, 2.24) is 15.0 Å². The third-order valence-electron chi connectivity index (χ3n) is 7.99. The summed E-state index contributed by atoms with van der Waals surface area (Å²) in [5.74, 6) is -1.93. The van der Waals surface area contributed by atoms with E-state index < -0.39 is 100 Å². The van der Waals surface area contributed by atoms with Crippen LogP contribution in [0.2, 0.25) is 5.28 Å². The van der Waals surface area contributed by atoms with Crippen LogP contribution in [0.3, 0.4) is 0 Å². The van der Waals surface area contributed by atoms with Gasteiger partial charge in [-0.05, 0) is 77.7 Å². The van der Waals surface area contributed by atoms with Crippen molar-refractivity contribution in [1.29, 1.82) is 0 Å². The monoisotopic (exact) mass is 1040 g/mol. The van der Waals surface area contributed by atoms with Gasteiger partial charge in [0.1, 0.15) is 26.1 Å². The molecule has 0 unspecified atom stereocenters. The first kappa shape index (κ1) is 58.6. The van der Waals surface area contributed by atoms with Gasteiger partial charge >= 0.3 is 10.4 Å². The molecule has 5 aromatic carbocycles. The molecule has 1 aromatic heterocycles. The van der Waals surface area contributed by atoms with Gasteiger partial charge in [0, 0.05) is 146 Å². The minimum atomic E-state index is -5.21. The van der Waals surface area contributed by atoms with Crippen LogP contribution in [0, 0.1) is 0 Å². The number of rotatable bonds is 14. The summed E-state index contributed by atoms with van der Waals surface area (Å²) in [6, 6.07) is 14.9. The van der Waals surface area contributed by atoms with E-state index in [1.165, 1.54) is 42.5 Å². The molecule has 6 aromatic rings. The molecular formula is C31H24ClN7Na4O16S5. The first-order valence-electron chi connectivity index (χ1n) is 15.9. The van der Waals surface area contributed by atoms with Gasteiger partial charge in [-0.1, -0.05) is 18.2 Å². The molecular weight excluding hydrogens is 1010 g/mol. The summed E-state index contributed by atoms with van der Waals surface area (Å²) in [6.07, 6.45) is 0. The van der Waals surface area contributed by atoms with E-state index in [0.29, 0.717) is 0 Å². The maximum Gasteiger partial charge on any atom is 0.397 e. The quantitative estimate of drug-likeness (QED) is 0.0467. The Morgan fingerprint density at radius 3 is 1.73 bits per heavy atom. The van der Waals surface area contributed by atoms with Crippen LogP contribution in [0.25, 0.3) is 21.5 Å². The first-order chi connectivity index (χ1) is 27.8. The summed E-state index contributed by atoms with van der Waals surface area (Å²) in [5.41, 5.74) is -1.09. The second-order valence-corrected chi connectivity index (χ2v) is 19.7. The molecule has 0 aliphatic rings. The van der Waals surface area contributed by atoms with Gasteiger partial charge in [-0.25, -0.2) is 12.6 Å². The SMILES string of the molecule is O=S(=O)(O)OCCS(=O)(=O)c1ccc(Nc2nc(Cl)nc(Nc3ccc4c(O)c(N=Nc5ccc6c(S(=O)(=O)O)cccc6c5S(=O)(=O)O)c(S(=O)(=O)O)cc4c3)n2)cc1.[Na].[Na].[Na].[Na]. The molecule has 23 nitrogen and oxygen atoms in total. The number of azo groups is 1. The summed E-state index contributed by atoms with van der Waals surface area (Å²) >= 11 is 6.09. The van der Waals surface area contributed by atoms with Crippen molar-refractivity contribution in [3.05, 3.63) is 84.1 Å². The summed E-state index contributed by atoms with van der Waals surface area (Å²) in [6.45, 7) is -0.823. The van der Waals surface area contributed by atoms with Gasteiger partial charge < -0.3 is 15.7 Å². The number of aromatic hydroxyl groups is 1. The Morgan fingerprint density at radius 1 is 0.609 bits per heavy atom. The third kappa shape index (κ3) is 14.5. The zero-order chi connectivity index (χ0) is 44.0. The Hall–Kier alpha value is -1.53. The standard InChI is InChI=1S/C31H24ClN7O16S5.4Na/c32-29-35-30(33-17-4-7-19(8-5-17)56(41,42)13-12-55-60(52,53)54)37-31(36-29)34-18-6-9-20-16(14-18)15-25(58(46,47)48)26(27(20)40)39-38-23-11-10-21-22(28(23)59(49,50)51)2-1-3-24(21)57(43,44)45;;;;/h1-11,14-15,40H,12-13H2,(H,43,44,45)(H,46,47,48)(H,49,50,51)(H,52,53,54)(H2,33,34,35,36,37);;;;. The molecule has 0 saturated carbocycles. The van der Waals surface area contributed by atoms with Crippen molar-refractivity contribution in [2.24, 2.45) is 10.2 Å². The topological polar surface area (TPSA) is 369 Å². The Labute approximate surface area is 457 Å². The van der Waals surface area contributed by atoms with E-state index in [4.69, 9.17) is 16.2 Å². The number of phenolic OH excluding ortho intramolecular Hbond substituents is 1. The van der Waals surface area contributed by atoms with Gasteiger partial charge in [-0.15, -0.1) is 10.2 Å². The van der Waals surface area contributed by atoms with Gasteiger partial charge in [0.2, 0.25) is 17.2 Å². The van der Waals surface area contributed by atoms with Crippen LogP contribution in [0.5, 0.6) is 5.75 Å². The number of benzene rings is 5. The Morgan fingerprint density at radius 2 is 1.17 bits per heavy atom. The van der Waals surface area contributed by atoms with E-state index in [2.05, 4.69) is 40.0 Å². The number of halogens is 1. The average molecular weight is 1040 g/mol. The summed E-state index contributed by atoms with van der Waals surface area (Å²) in [4.78, 5) is 9.21. The molecule has 0 saturated heterocycles. The van der Waals surface area contributed by atoms with Gasteiger partial charge in [0.25, 0.3) is 30.4 Å². The third-order valence-corrected chi connectivity index (χ3v) is 13.0. The van der Waals surface area contributed by atoms with Crippen LogP contribution in [0.4, 0.5) is 34.6 Å². The fraction of sp³-hybridized carbons (Fsp3) is 0.0645. The minimum Gasteiger partial charge on any atom is -0.505 e. The Balaban J connectivity index is 0.00000352. The summed E-state index contributed by atoms with van der Waals surface area (Å²) < 4.78 is 163. The van der Waals surface area contributed by atoms with Crippen molar-refractivity contribution >= 4 is 237 Å². The summed E-state index contributed by atoms with van der Waals surface area (Å²) in [7, 11) is -24.1. The number of aromatic nitrogens is 3. The van der Waals surface area contributed by atoms with Gasteiger partial charge in [0.15, 0.2) is 15.6 Å². The largest absolute Gasteiger partial charge is 0.505 e. The summed E-state index contributed by atoms with van der Waals surface area (Å²) in [5, 5.41) is 23.0. The predicted molar refractivity (Wildman–Crippen MR) is 234 cm³/mol. The zero-order valence-corrected chi connectivity index (χ0v) is 46.1. The van der Waals surface area contributed by atoms with Gasteiger partial charge in [0.05, 0.1) is 17.3 Å². The number of anilines is 4. The maximum atomic E-state index is 12.5. The van der Waals surface area contributed by atoms with Crippen LogP contribution < -0.4 is 10.6 Å². The molecule has 64 heavy (non-hydrogen) atoms.